The van der Waals surface area contributed by atoms with Crippen LogP contribution in [-0.2, 0) is 0 Å². The third-order valence-corrected chi connectivity index (χ3v) is 7.03. The molecule has 1 amide bonds. The third-order valence-electron chi connectivity index (χ3n) is 5.95. The molecule has 7 nitrogen and oxygen atoms in total. The first kappa shape index (κ1) is 25.6. The van der Waals surface area contributed by atoms with E-state index in [-0.39, 0.29) is 90.2 Å². The standard InChI is InChI=1S/C21H24F2N4O3S.K/c1-11-5-4-8-27(11)20(28)16-17(31-19(26-16)21(29)30)14-10-24-15(9-13(14)18(22)23)25-12-6-2-3-7-12;/h9-12,18H,2-8H2,1H3,(H,24,25)(H,29,30);/t11-;/m0./s1. The first-order valence-corrected chi connectivity index (χ1v) is 11.3. The molecule has 1 saturated heterocycles. The van der Waals surface area contributed by atoms with Crippen molar-refractivity contribution >= 4 is 80.4 Å². The van der Waals surface area contributed by atoms with Gasteiger partial charge >= 0.3 is 5.97 Å². The quantitative estimate of drug-likeness (QED) is 0.583. The Morgan fingerprint density at radius 2 is 1.97 bits per heavy atom. The number of nitrogens with zero attached hydrogens (tertiary/aromatic N) is 3. The van der Waals surface area contributed by atoms with Gasteiger partial charge in [0.25, 0.3) is 12.3 Å². The summed E-state index contributed by atoms with van der Waals surface area (Å²) >= 11 is 0.728. The summed E-state index contributed by atoms with van der Waals surface area (Å²) in [4.78, 5) is 34.7. The molecule has 11 heteroatoms. The van der Waals surface area contributed by atoms with Crippen LogP contribution in [-0.4, -0.2) is 102 Å². The summed E-state index contributed by atoms with van der Waals surface area (Å²) in [6.07, 6.45) is 4.28. The maximum Gasteiger partial charge on any atom is 0.365 e. The van der Waals surface area contributed by atoms with Gasteiger partial charge in [0.15, 0.2) is 0 Å². The number of carbonyl (C=O) groups excluding carboxylic acids is 1. The van der Waals surface area contributed by atoms with Crippen molar-refractivity contribution in [2.45, 2.75) is 64.0 Å². The van der Waals surface area contributed by atoms with E-state index in [0.29, 0.717) is 12.4 Å². The Labute approximate surface area is 231 Å². The number of nitrogens with one attached hydrogen (secondary N) is 1. The smallest absolute Gasteiger partial charge is 0.365 e. The average Bonchev–Trinajstić information content (AvgIpc) is 3.48. The molecule has 167 valence electrons. The molecule has 0 aromatic carbocycles. The molecular formula is C21H24F2KN4O3S. The Hall–Kier alpha value is -0.984. The Morgan fingerprint density at radius 3 is 2.56 bits per heavy atom. The molecule has 0 spiro atoms. The zero-order valence-electron chi connectivity index (χ0n) is 18.1. The van der Waals surface area contributed by atoms with Crippen molar-refractivity contribution in [3.63, 3.8) is 0 Å². The molecule has 3 heterocycles. The normalized spacial score (nSPS) is 18.8. The topological polar surface area (TPSA) is 95.4 Å². The van der Waals surface area contributed by atoms with Crippen LogP contribution in [0.2, 0.25) is 0 Å². The number of carboxylic acid groups (broad SMARTS) is 1. The van der Waals surface area contributed by atoms with Crippen LogP contribution in [0.3, 0.4) is 0 Å². The zero-order valence-corrected chi connectivity index (χ0v) is 22.0. The number of hydrogen-bond acceptors (Lipinski definition) is 6. The second kappa shape index (κ2) is 11.0. The number of rotatable bonds is 6. The van der Waals surface area contributed by atoms with E-state index < -0.39 is 18.3 Å². The van der Waals surface area contributed by atoms with E-state index >= 15 is 0 Å². The predicted octanol–water partition coefficient (Wildman–Crippen LogP) is 4.44. The molecule has 2 aliphatic rings. The van der Waals surface area contributed by atoms with E-state index in [0.717, 1.165) is 49.9 Å². The minimum atomic E-state index is -2.81. The first-order chi connectivity index (χ1) is 14.8. The van der Waals surface area contributed by atoms with Crippen molar-refractivity contribution in [2.24, 2.45) is 0 Å². The molecule has 0 bridgehead atoms. The molecule has 0 unspecified atom stereocenters. The van der Waals surface area contributed by atoms with Gasteiger partial charge < -0.3 is 15.3 Å². The number of halogens is 2. The van der Waals surface area contributed by atoms with E-state index in [1.165, 1.54) is 12.3 Å². The SMILES string of the molecule is C[C@H]1CCCN1C(=O)c1nc(C(=O)O)sc1-c1cnc(NC2CCCC2)cc1C(F)F.[K]. The van der Waals surface area contributed by atoms with Gasteiger partial charge in [0.1, 0.15) is 11.5 Å². The first-order valence-electron chi connectivity index (χ1n) is 10.4. The number of carboxylic acids is 1. The second-order valence-corrected chi connectivity index (χ2v) is 9.07. The van der Waals surface area contributed by atoms with E-state index in [1.54, 1.807) is 4.90 Å². The Kier molecular flexibility index (Phi) is 8.78. The van der Waals surface area contributed by atoms with Gasteiger partial charge in [-0.25, -0.2) is 23.5 Å². The maximum atomic E-state index is 14.0. The summed E-state index contributed by atoms with van der Waals surface area (Å²) in [5.41, 5.74) is -0.344. The molecule has 4 rings (SSSR count). The number of aromatic nitrogens is 2. The molecule has 2 aromatic heterocycles. The number of amides is 1. The van der Waals surface area contributed by atoms with Crippen molar-refractivity contribution in [3.8, 4) is 10.4 Å². The van der Waals surface area contributed by atoms with Gasteiger partial charge in [0.05, 0.1) is 4.88 Å². The fourth-order valence-corrected chi connectivity index (χ4v) is 5.24. The molecular weight excluding hydrogens is 465 g/mol. The van der Waals surface area contributed by atoms with Crippen LogP contribution in [0.15, 0.2) is 12.3 Å². The molecule has 2 fully saturated rings. The monoisotopic (exact) mass is 489 g/mol. The number of carbonyl (C=O) groups is 2. The summed E-state index contributed by atoms with van der Waals surface area (Å²) < 4.78 is 28.0. The summed E-state index contributed by atoms with van der Waals surface area (Å²) in [7, 11) is 0. The molecule has 2 N–H and O–H groups in total. The Morgan fingerprint density at radius 1 is 1.25 bits per heavy atom. The number of aromatic carboxylic acids is 1. The van der Waals surface area contributed by atoms with Crippen LogP contribution >= 0.6 is 11.3 Å². The van der Waals surface area contributed by atoms with Crippen LogP contribution in [0, 0.1) is 0 Å². The van der Waals surface area contributed by atoms with Gasteiger partial charge in [-0.05, 0) is 38.7 Å². The van der Waals surface area contributed by atoms with Crippen LogP contribution < -0.4 is 5.32 Å². The van der Waals surface area contributed by atoms with E-state index in [9.17, 15) is 23.5 Å². The average molecular weight is 490 g/mol. The summed E-state index contributed by atoms with van der Waals surface area (Å²) in [6.45, 7) is 2.44. The summed E-state index contributed by atoms with van der Waals surface area (Å²) in [5, 5.41) is 12.3. The Balaban J connectivity index is 0.00000289. The number of hydrogen-bond donors (Lipinski definition) is 2. The molecule has 1 saturated carbocycles. The fourth-order valence-electron chi connectivity index (χ4n) is 4.31. The fraction of sp³-hybridized carbons (Fsp3) is 0.524. The van der Waals surface area contributed by atoms with Crippen molar-refractivity contribution in [1.82, 2.24) is 14.9 Å². The number of pyridine rings is 1. The van der Waals surface area contributed by atoms with Crippen molar-refractivity contribution in [2.75, 3.05) is 11.9 Å². The van der Waals surface area contributed by atoms with Crippen molar-refractivity contribution in [1.29, 1.82) is 0 Å². The van der Waals surface area contributed by atoms with Gasteiger partial charge in [-0.1, -0.05) is 12.8 Å². The van der Waals surface area contributed by atoms with Gasteiger partial charge in [0.2, 0.25) is 5.01 Å². The second-order valence-electron chi connectivity index (χ2n) is 8.07. The predicted molar refractivity (Wildman–Crippen MR) is 119 cm³/mol. The van der Waals surface area contributed by atoms with Crippen LogP contribution in [0.1, 0.15) is 77.7 Å². The van der Waals surface area contributed by atoms with Crippen LogP contribution in [0.5, 0.6) is 0 Å². The third kappa shape index (κ3) is 5.39. The number of thiazole rings is 1. The van der Waals surface area contributed by atoms with E-state index in [4.69, 9.17) is 0 Å². The zero-order chi connectivity index (χ0) is 22.1. The molecule has 2 aromatic rings. The molecule has 1 aliphatic carbocycles. The number of likely N-dealkylation sites (tertiary alicyclic amines) is 1. The van der Waals surface area contributed by atoms with Crippen molar-refractivity contribution < 1.29 is 23.5 Å². The molecule has 1 atom stereocenters. The van der Waals surface area contributed by atoms with Crippen LogP contribution in [0.4, 0.5) is 14.6 Å². The van der Waals surface area contributed by atoms with Gasteiger partial charge in [-0.3, -0.25) is 4.79 Å². The number of anilines is 1. The minimum absolute atomic E-state index is 0. The summed E-state index contributed by atoms with van der Waals surface area (Å²) in [6, 6.07) is 1.49. The van der Waals surface area contributed by atoms with Gasteiger partial charge in [-0.15, -0.1) is 11.3 Å². The van der Waals surface area contributed by atoms with E-state index in [2.05, 4.69) is 15.3 Å². The Bertz CT molecular complexity index is 997. The number of alkyl halides is 2. The molecule has 1 aliphatic heterocycles. The van der Waals surface area contributed by atoms with Crippen molar-refractivity contribution in [3.05, 3.63) is 28.5 Å². The van der Waals surface area contributed by atoms with Gasteiger partial charge in [0, 0.05) is 87.3 Å². The molecule has 32 heavy (non-hydrogen) atoms. The summed E-state index contributed by atoms with van der Waals surface area (Å²) in [5.74, 6) is -1.38. The van der Waals surface area contributed by atoms with Crippen LogP contribution in [0.25, 0.3) is 10.4 Å². The van der Waals surface area contributed by atoms with E-state index in [1.807, 2.05) is 6.92 Å². The molecule has 1 radical (unpaired) electrons. The largest absolute Gasteiger partial charge is 0.476 e. The van der Waals surface area contributed by atoms with Gasteiger partial charge in [-0.2, -0.15) is 0 Å². The maximum absolute atomic E-state index is 14.0. The minimum Gasteiger partial charge on any atom is -0.476 e.